The molecule has 1 aliphatic rings. The van der Waals surface area contributed by atoms with Crippen molar-refractivity contribution in [2.24, 2.45) is 4.99 Å². The predicted molar refractivity (Wildman–Crippen MR) is 73.7 cm³/mol. The van der Waals surface area contributed by atoms with Gasteiger partial charge in [-0.05, 0) is 45.7 Å². The van der Waals surface area contributed by atoms with Crippen LogP contribution >= 0.6 is 0 Å². The maximum atomic E-state index is 5.73. The SMILES string of the molecule is CCC(C)N=COC(CC)CN1CCCCC1. The Bertz CT molecular complexity index is 212. The van der Waals surface area contributed by atoms with Gasteiger partial charge in [0.25, 0.3) is 0 Å². The van der Waals surface area contributed by atoms with Crippen LogP contribution in [0.5, 0.6) is 0 Å². The van der Waals surface area contributed by atoms with E-state index in [1.807, 2.05) is 0 Å². The first kappa shape index (κ1) is 14.5. The number of likely N-dealkylation sites (tertiary alicyclic amines) is 1. The Morgan fingerprint density at radius 3 is 2.47 bits per heavy atom. The molecule has 0 amide bonds. The average molecular weight is 240 g/mol. The van der Waals surface area contributed by atoms with Crippen LogP contribution in [0.3, 0.4) is 0 Å². The summed E-state index contributed by atoms with van der Waals surface area (Å²) in [6, 6.07) is 0.377. The molecule has 0 aliphatic carbocycles. The third kappa shape index (κ3) is 6.06. The van der Waals surface area contributed by atoms with Crippen molar-refractivity contribution in [2.45, 2.75) is 65.0 Å². The van der Waals surface area contributed by atoms with Crippen LogP contribution in [0.1, 0.15) is 52.9 Å². The van der Waals surface area contributed by atoms with E-state index in [1.54, 1.807) is 6.40 Å². The molecule has 1 aliphatic heterocycles. The molecule has 17 heavy (non-hydrogen) atoms. The van der Waals surface area contributed by atoms with Crippen LogP contribution in [-0.2, 0) is 4.74 Å². The van der Waals surface area contributed by atoms with Crippen molar-refractivity contribution in [3.05, 3.63) is 0 Å². The molecule has 2 atom stereocenters. The first-order valence-electron chi connectivity index (χ1n) is 7.15. The van der Waals surface area contributed by atoms with Crippen molar-refractivity contribution in [2.75, 3.05) is 19.6 Å². The molecule has 0 aromatic carbocycles. The lowest BCUT2D eigenvalue weighted by Gasteiger charge is -2.29. The Morgan fingerprint density at radius 2 is 1.88 bits per heavy atom. The van der Waals surface area contributed by atoms with Gasteiger partial charge in [0, 0.05) is 6.54 Å². The number of rotatable bonds is 7. The summed E-state index contributed by atoms with van der Waals surface area (Å²) in [5.74, 6) is 0. The fourth-order valence-corrected chi connectivity index (χ4v) is 2.03. The lowest BCUT2D eigenvalue weighted by Crippen LogP contribution is -2.37. The quantitative estimate of drug-likeness (QED) is 0.504. The minimum absolute atomic E-state index is 0.306. The van der Waals surface area contributed by atoms with Gasteiger partial charge in [0.1, 0.15) is 6.10 Å². The summed E-state index contributed by atoms with van der Waals surface area (Å²) in [6.45, 7) is 9.98. The Balaban J connectivity index is 2.24. The Hall–Kier alpha value is -0.570. The molecule has 0 bridgehead atoms. The number of aliphatic imine (C=N–C) groups is 1. The van der Waals surface area contributed by atoms with E-state index < -0.39 is 0 Å². The van der Waals surface area contributed by atoms with Crippen LogP contribution in [0.15, 0.2) is 4.99 Å². The van der Waals surface area contributed by atoms with Crippen molar-refractivity contribution >= 4 is 6.40 Å². The monoisotopic (exact) mass is 240 g/mol. The second-order valence-corrected chi connectivity index (χ2v) is 5.04. The van der Waals surface area contributed by atoms with Gasteiger partial charge in [-0.15, -0.1) is 0 Å². The summed E-state index contributed by atoms with van der Waals surface area (Å²) < 4.78 is 5.73. The molecule has 0 aromatic rings. The topological polar surface area (TPSA) is 24.8 Å². The van der Waals surface area contributed by atoms with Crippen molar-refractivity contribution in [1.82, 2.24) is 4.90 Å². The average Bonchev–Trinajstić information content (AvgIpc) is 2.38. The minimum atomic E-state index is 0.306. The summed E-state index contributed by atoms with van der Waals surface area (Å²) in [5.41, 5.74) is 0. The maximum Gasteiger partial charge on any atom is 0.170 e. The first-order chi connectivity index (χ1) is 8.26. The molecule has 2 unspecified atom stereocenters. The lowest BCUT2D eigenvalue weighted by atomic mass is 10.1. The van der Waals surface area contributed by atoms with Gasteiger partial charge in [0.2, 0.25) is 0 Å². The van der Waals surface area contributed by atoms with E-state index in [2.05, 4.69) is 30.7 Å². The van der Waals surface area contributed by atoms with E-state index in [-0.39, 0.29) is 0 Å². The van der Waals surface area contributed by atoms with Crippen LogP contribution in [0.2, 0.25) is 0 Å². The molecule has 3 nitrogen and oxygen atoms in total. The van der Waals surface area contributed by atoms with Crippen LogP contribution in [-0.4, -0.2) is 43.1 Å². The number of piperidine rings is 1. The zero-order valence-corrected chi connectivity index (χ0v) is 11.7. The highest BCUT2D eigenvalue weighted by atomic mass is 16.5. The fourth-order valence-electron chi connectivity index (χ4n) is 2.03. The van der Waals surface area contributed by atoms with E-state index >= 15 is 0 Å². The normalized spacial score (nSPS) is 21.6. The molecule has 0 spiro atoms. The number of ether oxygens (including phenoxy) is 1. The van der Waals surface area contributed by atoms with Gasteiger partial charge in [-0.3, -0.25) is 9.89 Å². The minimum Gasteiger partial charge on any atom is -0.479 e. The molecular weight excluding hydrogens is 212 g/mol. The van der Waals surface area contributed by atoms with Gasteiger partial charge in [0.15, 0.2) is 6.40 Å². The summed E-state index contributed by atoms with van der Waals surface area (Å²) in [4.78, 5) is 6.88. The van der Waals surface area contributed by atoms with Gasteiger partial charge >= 0.3 is 0 Å². The Morgan fingerprint density at radius 1 is 1.18 bits per heavy atom. The van der Waals surface area contributed by atoms with Gasteiger partial charge in [-0.25, -0.2) is 0 Å². The highest BCUT2D eigenvalue weighted by Crippen LogP contribution is 2.10. The molecule has 0 aromatic heterocycles. The van der Waals surface area contributed by atoms with E-state index in [4.69, 9.17) is 4.74 Å². The van der Waals surface area contributed by atoms with Crippen molar-refractivity contribution in [3.63, 3.8) is 0 Å². The number of nitrogens with zero attached hydrogens (tertiary/aromatic N) is 2. The van der Waals surface area contributed by atoms with Crippen molar-refractivity contribution < 1.29 is 4.74 Å². The summed E-state index contributed by atoms with van der Waals surface area (Å²) in [5, 5.41) is 0. The largest absolute Gasteiger partial charge is 0.479 e. The van der Waals surface area contributed by atoms with E-state index in [0.717, 1.165) is 19.4 Å². The van der Waals surface area contributed by atoms with E-state index in [0.29, 0.717) is 12.1 Å². The molecule has 3 heteroatoms. The highest BCUT2D eigenvalue weighted by Gasteiger charge is 2.15. The molecule has 0 saturated carbocycles. The molecule has 1 fully saturated rings. The van der Waals surface area contributed by atoms with Crippen LogP contribution in [0.25, 0.3) is 0 Å². The summed E-state index contributed by atoms with van der Waals surface area (Å²) in [6.07, 6.45) is 8.19. The third-order valence-electron chi connectivity index (χ3n) is 3.53. The van der Waals surface area contributed by atoms with Crippen molar-refractivity contribution in [3.8, 4) is 0 Å². The van der Waals surface area contributed by atoms with Crippen LogP contribution < -0.4 is 0 Å². The number of hydrogen-bond donors (Lipinski definition) is 0. The van der Waals surface area contributed by atoms with Gasteiger partial charge in [-0.1, -0.05) is 20.3 Å². The molecule has 0 N–H and O–H groups in total. The van der Waals surface area contributed by atoms with Crippen LogP contribution in [0, 0.1) is 0 Å². The molecule has 1 rings (SSSR count). The second kappa shape index (κ2) is 8.51. The van der Waals surface area contributed by atoms with E-state index in [1.165, 1.54) is 32.4 Å². The Labute approximate surface area is 106 Å². The van der Waals surface area contributed by atoms with Crippen LogP contribution in [0.4, 0.5) is 0 Å². The van der Waals surface area contributed by atoms with Gasteiger partial charge < -0.3 is 4.74 Å². The van der Waals surface area contributed by atoms with Gasteiger partial charge in [0.05, 0.1) is 6.04 Å². The fraction of sp³-hybridized carbons (Fsp3) is 0.929. The van der Waals surface area contributed by atoms with Gasteiger partial charge in [-0.2, -0.15) is 0 Å². The molecule has 1 saturated heterocycles. The zero-order chi connectivity index (χ0) is 12.5. The van der Waals surface area contributed by atoms with Crippen molar-refractivity contribution in [1.29, 1.82) is 0 Å². The number of hydrogen-bond acceptors (Lipinski definition) is 3. The first-order valence-corrected chi connectivity index (χ1v) is 7.15. The van der Waals surface area contributed by atoms with E-state index in [9.17, 15) is 0 Å². The molecular formula is C14H28N2O. The lowest BCUT2D eigenvalue weighted by molar-refractivity contribution is 0.113. The predicted octanol–water partition coefficient (Wildman–Crippen LogP) is 3.09. The standard InChI is InChI=1S/C14H28N2O/c1-4-13(3)15-12-17-14(5-2)11-16-9-7-6-8-10-16/h12-14H,4-11H2,1-3H3. The molecule has 100 valence electrons. The highest BCUT2D eigenvalue weighted by molar-refractivity contribution is 5.46. The second-order valence-electron chi connectivity index (χ2n) is 5.04. The third-order valence-corrected chi connectivity index (χ3v) is 3.53. The molecule has 0 radical (unpaired) electrons. The Kier molecular flexibility index (Phi) is 7.25. The molecule has 1 heterocycles. The summed E-state index contributed by atoms with van der Waals surface area (Å²) in [7, 11) is 0. The summed E-state index contributed by atoms with van der Waals surface area (Å²) >= 11 is 0. The maximum absolute atomic E-state index is 5.73. The zero-order valence-electron chi connectivity index (χ0n) is 11.7. The smallest absolute Gasteiger partial charge is 0.170 e.